The van der Waals surface area contributed by atoms with Crippen LogP contribution in [-0.2, 0) is 12.8 Å². The van der Waals surface area contributed by atoms with Gasteiger partial charge < -0.3 is 5.73 Å². The lowest BCUT2D eigenvalue weighted by Crippen LogP contribution is -2.03. The minimum Gasteiger partial charge on any atom is -0.396 e. The highest BCUT2D eigenvalue weighted by Gasteiger charge is 2.20. The molecule has 0 saturated heterocycles. The van der Waals surface area contributed by atoms with Gasteiger partial charge in [-0.3, -0.25) is 0 Å². The summed E-state index contributed by atoms with van der Waals surface area (Å²) in [7, 11) is 0. The Bertz CT molecular complexity index is 369. The maximum Gasteiger partial charge on any atom is 0.149 e. The number of nitrogen functional groups attached to an aromatic ring is 1. The molecular formula is C12H16FN. The van der Waals surface area contributed by atoms with E-state index in [1.807, 2.05) is 19.9 Å². The van der Waals surface area contributed by atoms with Gasteiger partial charge in [0.2, 0.25) is 0 Å². The number of nitrogens with two attached hydrogens (primary N) is 1. The minimum atomic E-state index is -0.194. The summed E-state index contributed by atoms with van der Waals surface area (Å²) in [4.78, 5) is 0. The summed E-state index contributed by atoms with van der Waals surface area (Å²) in [6.07, 6.45) is 3.11. The molecule has 1 aliphatic rings. The van der Waals surface area contributed by atoms with Gasteiger partial charge in [0.05, 0.1) is 5.69 Å². The molecule has 0 aromatic heterocycles. The Morgan fingerprint density at radius 2 is 2.07 bits per heavy atom. The van der Waals surface area contributed by atoms with Crippen LogP contribution in [0.15, 0.2) is 6.07 Å². The second-order valence-corrected chi connectivity index (χ2v) is 4.34. The fourth-order valence-electron chi connectivity index (χ4n) is 2.19. The maximum absolute atomic E-state index is 13.8. The van der Waals surface area contributed by atoms with Crippen molar-refractivity contribution in [2.75, 3.05) is 5.73 Å². The zero-order valence-electron chi connectivity index (χ0n) is 8.73. The molecule has 76 valence electrons. The number of anilines is 1. The van der Waals surface area contributed by atoms with E-state index in [0.29, 0.717) is 5.69 Å². The van der Waals surface area contributed by atoms with Crippen molar-refractivity contribution in [1.82, 2.24) is 0 Å². The van der Waals surface area contributed by atoms with Gasteiger partial charge in [-0.15, -0.1) is 0 Å². The van der Waals surface area contributed by atoms with E-state index < -0.39 is 0 Å². The summed E-state index contributed by atoms with van der Waals surface area (Å²) in [6, 6.07) is 2.00. The van der Waals surface area contributed by atoms with Gasteiger partial charge in [-0.2, -0.15) is 0 Å². The molecule has 0 heterocycles. The highest BCUT2D eigenvalue weighted by molar-refractivity contribution is 5.57. The Hall–Kier alpha value is -1.05. The number of rotatable bonds is 1. The molecule has 1 aliphatic carbocycles. The summed E-state index contributed by atoms with van der Waals surface area (Å²) >= 11 is 0. The second kappa shape index (κ2) is 3.26. The molecule has 0 amide bonds. The molecule has 0 atom stereocenters. The predicted molar refractivity (Wildman–Crippen MR) is 56.9 cm³/mol. The van der Waals surface area contributed by atoms with E-state index in [-0.39, 0.29) is 11.7 Å². The monoisotopic (exact) mass is 193 g/mol. The Kier molecular flexibility index (Phi) is 2.22. The topological polar surface area (TPSA) is 26.0 Å². The van der Waals surface area contributed by atoms with Gasteiger partial charge in [0, 0.05) is 0 Å². The molecule has 0 aliphatic heterocycles. The minimum absolute atomic E-state index is 0.194. The first-order valence-corrected chi connectivity index (χ1v) is 5.21. The van der Waals surface area contributed by atoms with E-state index in [9.17, 15) is 4.39 Å². The second-order valence-electron chi connectivity index (χ2n) is 4.34. The number of aryl methyl sites for hydroxylation is 1. The molecule has 1 aromatic rings. The molecule has 2 heteroatoms. The van der Waals surface area contributed by atoms with Crippen molar-refractivity contribution in [1.29, 1.82) is 0 Å². The van der Waals surface area contributed by atoms with E-state index in [0.717, 1.165) is 30.4 Å². The van der Waals surface area contributed by atoms with Crippen LogP contribution in [0.1, 0.15) is 42.9 Å². The van der Waals surface area contributed by atoms with Crippen molar-refractivity contribution in [3.63, 3.8) is 0 Å². The smallest absolute Gasteiger partial charge is 0.149 e. The Morgan fingerprint density at radius 3 is 2.71 bits per heavy atom. The first-order valence-electron chi connectivity index (χ1n) is 5.21. The fourth-order valence-corrected chi connectivity index (χ4v) is 2.19. The van der Waals surface area contributed by atoms with Crippen LogP contribution in [0.25, 0.3) is 0 Å². The summed E-state index contributed by atoms with van der Waals surface area (Å²) in [5.74, 6) is 0.0175. The van der Waals surface area contributed by atoms with Crippen LogP contribution in [0.3, 0.4) is 0 Å². The molecule has 2 rings (SSSR count). The van der Waals surface area contributed by atoms with E-state index in [1.54, 1.807) is 0 Å². The van der Waals surface area contributed by atoms with Crippen molar-refractivity contribution in [3.8, 4) is 0 Å². The molecule has 0 unspecified atom stereocenters. The summed E-state index contributed by atoms with van der Waals surface area (Å²) in [5.41, 5.74) is 9.26. The van der Waals surface area contributed by atoms with Crippen LogP contribution in [0.4, 0.5) is 10.1 Å². The van der Waals surface area contributed by atoms with Gasteiger partial charge >= 0.3 is 0 Å². The van der Waals surface area contributed by atoms with E-state index in [1.165, 1.54) is 5.56 Å². The van der Waals surface area contributed by atoms with Crippen LogP contribution >= 0.6 is 0 Å². The average molecular weight is 193 g/mol. The largest absolute Gasteiger partial charge is 0.396 e. The van der Waals surface area contributed by atoms with E-state index >= 15 is 0 Å². The average Bonchev–Trinajstić information content (AvgIpc) is 2.58. The molecule has 1 nitrogen and oxygen atoms in total. The quantitative estimate of drug-likeness (QED) is 0.682. The van der Waals surface area contributed by atoms with Gasteiger partial charge in [0.15, 0.2) is 0 Å². The third-order valence-corrected chi connectivity index (χ3v) is 3.03. The van der Waals surface area contributed by atoms with Crippen molar-refractivity contribution >= 4 is 5.69 Å². The Labute approximate surface area is 84.1 Å². The first kappa shape index (κ1) is 9.50. The van der Waals surface area contributed by atoms with Crippen LogP contribution < -0.4 is 5.73 Å². The van der Waals surface area contributed by atoms with Crippen molar-refractivity contribution in [2.24, 2.45) is 0 Å². The predicted octanol–water partition coefficient (Wildman–Crippen LogP) is 3.02. The first-order chi connectivity index (χ1) is 6.61. The third-order valence-electron chi connectivity index (χ3n) is 3.03. The SMILES string of the molecule is CC(C)c1cc2c(c(N)c1F)CCC2. The number of fused-ring (bicyclic) bond motifs is 1. The summed E-state index contributed by atoms with van der Waals surface area (Å²) in [5, 5.41) is 0. The highest BCUT2D eigenvalue weighted by Crippen LogP contribution is 2.34. The molecular weight excluding hydrogens is 177 g/mol. The molecule has 2 N–H and O–H groups in total. The molecule has 0 saturated carbocycles. The normalized spacial score (nSPS) is 14.9. The highest BCUT2D eigenvalue weighted by atomic mass is 19.1. The Balaban J connectivity index is 2.61. The van der Waals surface area contributed by atoms with Crippen molar-refractivity contribution in [2.45, 2.75) is 39.0 Å². The fraction of sp³-hybridized carbons (Fsp3) is 0.500. The van der Waals surface area contributed by atoms with Crippen LogP contribution in [0, 0.1) is 5.82 Å². The molecule has 1 aromatic carbocycles. The van der Waals surface area contributed by atoms with Gasteiger partial charge in [0.25, 0.3) is 0 Å². The number of hydrogen-bond acceptors (Lipinski definition) is 1. The Morgan fingerprint density at radius 1 is 1.36 bits per heavy atom. The van der Waals surface area contributed by atoms with E-state index in [2.05, 4.69) is 0 Å². The molecule has 0 spiro atoms. The maximum atomic E-state index is 13.8. The lowest BCUT2D eigenvalue weighted by molar-refractivity contribution is 0.601. The number of hydrogen-bond donors (Lipinski definition) is 1. The number of benzene rings is 1. The molecule has 0 fully saturated rings. The van der Waals surface area contributed by atoms with Crippen LogP contribution in [0.2, 0.25) is 0 Å². The van der Waals surface area contributed by atoms with Gasteiger partial charge in [0.1, 0.15) is 5.82 Å². The third kappa shape index (κ3) is 1.29. The van der Waals surface area contributed by atoms with Crippen LogP contribution in [0.5, 0.6) is 0 Å². The van der Waals surface area contributed by atoms with E-state index in [4.69, 9.17) is 5.73 Å². The zero-order valence-corrected chi connectivity index (χ0v) is 8.73. The summed E-state index contributed by atoms with van der Waals surface area (Å²) in [6.45, 7) is 4.00. The van der Waals surface area contributed by atoms with Crippen molar-refractivity contribution in [3.05, 3.63) is 28.6 Å². The lowest BCUT2D eigenvalue weighted by Gasteiger charge is -2.13. The lowest BCUT2D eigenvalue weighted by atomic mass is 9.96. The number of halogens is 1. The molecule has 0 radical (unpaired) electrons. The van der Waals surface area contributed by atoms with Gasteiger partial charge in [-0.1, -0.05) is 19.9 Å². The standard InChI is InChI=1S/C12H16FN/c1-7(2)10-6-8-4-3-5-9(8)12(14)11(10)13/h6-7H,3-5,14H2,1-2H3. The zero-order chi connectivity index (χ0) is 10.3. The van der Waals surface area contributed by atoms with Gasteiger partial charge in [-0.25, -0.2) is 4.39 Å². The molecule has 14 heavy (non-hydrogen) atoms. The van der Waals surface area contributed by atoms with Crippen molar-refractivity contribution < 1.29 is 4.39 Å². The van der Waals surface area contributed by atoms with Crippen LogP contribution in [-0.4, -0.2) is 0 Å². The molecule has 0 bridgehead atoms. The van der Waals surface area contributed by atoms with Gasteiger partial charge in [-0.05, 0) is 41.9 Å². The summed E-state index contributed by atoms with van der Waals surface area (Å²) < 4.78 is 13.8.